The highest BCUT2D eigenvalue weighted by molar-refractivity contribution is 5.45. The Bertz CT molecular complexity index is 432. The van der Waals surface area contributed by atoms with E-state index in [0.717, 1.165) is 0 Å². The summed E-state index contributed by atoms with van der Waals surface area (Å²) < 4.78 is 0. The van der Waals surface area contributed by atoms with Gasteiger partial charge in [-0.15, -0.1) is 0 Å². The Balaban J connectivity index is 0.000000171. The van der Waals surface area contributed by atoms with E-state index in [9.17, 15) is 0 Å². The Kier molecular flexibility index (Phi) is 4.44. The molecule has 17 heavy (non-hydrogen) atoms. The number of hydrogen-bond acceptors (Lipinski definition) is 6. The third-order valence-corrected chi connectivity index (χ3v) is 1.72. The molecule has 1 heterocycles. The number of aromatic nitrogens is 3. The summed E-state index contributed by atoms with van der Waals surface area (Å²) in [6.45, 7) is 3.63. The smallest absolute Gasteiger partial charge is 0.226 e. The second-order valence-electron chi connectivity index (χ2n) is 3.02. The maximum Gasteiger partial charge on any atom is 0.226 e. The normalized spacial score (nSPS) is 8.94. The summed E-state index contributed by atoms with van der Waals surface area (Å²) in [7, 11) is 0. The van der Waals surface area contributed by atoms with Crippen LogP contribution in [0.15, 0.2) is 36.9 Å². The molecule has 0 spiro atoms. The van der Waals surface area contributed by atoms with Crippen molar-refractivity contribution in [2.75, 3.05) is 17.2 Å². The zero-order valence-electron chi connectivity index (χ0n) is 9.24. The molecule has 0 aliphatic heterocycles. The molecule has 0 radical (unpaired) electrons. The van der Waals surface area contributed by atoms with E-state index in [1.165, 1.54) is 5.56 Å². The highest BCUT2D eigenvalue weighted by Gasteiger charge is 1.93. The average molecular weight is 230 g/mol. The lowest BCUT2D eigenvalue weighted by atomic mass is 10.2. The first-order valence-electron chi connectivity index (χ1n) is 4.82. The van der Waals surface area contributed by atoms with E-state index < -0.39 is 0 Å². The minimum Gasteiger partial charge on any atom is -0.368 e. The second-order valence-corrected chi connectivity index (χ2v) is 3.02. The molecule has 6 N–H and O–H groups in total. The first-order chi connectivity index (χ1) is 8.11. The monoisotopic (exact) mass is 230 g/mol. The van der Waals surface area contributed by atoms with Gasteiger partial charge >= 0.3 is 0 Å². The summed E-state index contributed by atoms with van der Waals surface area (Å²) >= 11 is 0. The van der Waals surface area contributed by atoms with Crippen LogP contribution < -0.4 is 17.2 Å². The average Bonchev–Trinajstić information content (AvgIpc) is 2.29. The zero-order chi connectivity index (χ0) is 12.7. The van der Waals surface area contributed by atoms with Crippen LogP contribution >= 0.6 is 0 Å². The number of nitrogen functional groups attached to an aromatic ring is 3. The van der Waals surface area contributed by atoms with E-state index in [-0.39, 0.29) is 17.8 Å². The van der Waals surface area contributed by atoms with Crippen LogP contribution in [0.4, 0.5) is 17.8 Å². The molecule has 1 aromatic heterocycles. The fourth-order valence-corrected chi connectivity index (χ4v) is 1.02. The predicted octanol–water partition coefficient (Wildman–Crippen LogP) is 0.948. The van der Waals surface area contributed by atoms with Crippen molar-refractivity contribution in [3.8, 4) is 0 Å². The maximum atomic E-state index is 5.14. The van der Waals surface area contributed by atoms with Gasteiger partial charge in [0, 0.05) is 0 Å². The molecule has 6 heteroatoms. The fraction of sp³-hybridized carbons (Fsp3) is 0. The van der Waals surface area contributed by atoms with Crippen molar-refractivity contribution in [3.05, 3.63) is 42.5 Å². The summed E-state index contributed by atoms with van der Waals surface area (Å²) in [6, 6.07) is 10.0. The van der Waals surface area contributed by atoms with Gasteiger partial charge < -0.3 is 17.2 Å². The minimum absolute atomic E-state index is 0.0417. The van der Waals surface area contributed by atoms with Crippen molar-refractivity contribution in [1.82, 2.24) is 15.0 Å². The van der Waals surface area contributed by atoms with Gasteiger partial charge in [0.05, 0.1) is 0 Å². The number of anilines is 3. The summed E-state index contributed by atoms with van der Waals surface area (Å²) in [5.74, 6) is 0.125. The van der Waals surface area contributed by atoms with E-state index in [1.54, 1.807) is 0 Å². The lowest BCUT2D eigenvalue weighted by Crippen LogP contribution is -2.05. The Morgan fingerprint density at radius 1 is 0.824 bits per heavy atom. The molecule has 0 aliphatic rings. The van der Waals surface area contributed by atoms with Crippen LogP contribution in [-0.4, -0.2) is 15.0 Å². The highest BCUT2D eigenvalue weighted by atomic mass is 15.2. The standard InChI is InChI=1S/C8H8.C3H6N6/c1-2-8-6-4-3-5-7-8;4-1-7-2(5)9-3(6)8-1/h2-7H,1H2;(H6,4,5,6,7,8,9). The first-order valence-corrected chi connectivity index (χ1v) is 4.82. The number of nitrogens with zero attached hydrogens (tertiary/aromatic N) is 3. The highest BCUT2D eigenvalue weighted by Crippen LogP contribution is 1.98. The van der Waals surface area contributed by atoms with Crippen molar-refractivity contribution in [1.29, 1.82) is 0 Å². The van der Waals surface area contributed by atoms with Crippen LogP contribution in [0.5, 0.6) is 0 Å². The number of nitrogens with two attached hydrogens (primary N) is 3. The van der Waals surface area contributed by atoms with Gasteiger partial charge in [0.1, 0.15) is 0 Å². The topological polar surface area (TPSA) is 117 Å². The van der Waals surface area contributed by atoms with Gasteiger partial charge in [-0.05, 0) is 5.56 Å². The molecule has 0 amide bonds. The van der Waals surface area contributed by atoms with Gasteiger partial charge in [-0.3, -0.25) is 0 Å². The molecule has 0 fully saturated rings. The Morgan fingerprint density at radius 2 is 1.24 bits per heavy atom. The van der Waals surface area contributed by atoms with Crippen molar-refractivity contribution >= 4 is 23.9 Å². The molecular weight excluding hydrogens is 216 g/mol. The molecule has 0 aliphatic carbocycles. The molecule has 0 saturated carbocycles. The summed E-state index contributed by atoms with van der Waals surface area (Å²) in [5.41, 5.74) is 16.6. The molecule has 88 valence electrons. The maximum absolute atomic E-state index is 5.14. The number of hydrogen-bond donors (Lipinski definition) is 3. The third-order valence-electron chi connectivity index (χ3n) is 1.72. The van der Waals surface area contributed by atoms with Crippen LogP contribution in [0.25, 0.3) is 6.08 Å². The second kappa shape index (κ2) is 6.06. The van der Waals surface area contributed by atoms with Gasteiger partial charge in [0.2, 0.25) is 17.8 Å². The zero-order valence-corrected chi connectivity index (χ0v) is 9.24. The van der Waals surface area contributed by atoms with Gasteiger partial charge in [-0.1, -0.05) is 43.0 Å². The van der Waals surface area contributed by atoms with E-state index in [4.69, 9.17) is 17.2 Å². The summed E-state index contributed by atoms with van der Waals surface area (Å²) in [6.07, 6.45) is 1.83. The molecule has 0 unspecified atom stereocenters. The number of rotatable bonds is 1. The summed E-state index contributed by atoms with van der Waals surface area (Å²) in [5, 5.41) is 0. The molecule has 1 aromatic carbocycles. The van der Waals surface area contributed by atoms with Crippen molar-refractivity contribution < 1.29 is 0 Å². The van der Waals surface area contributed by atoms with Crippen molar-refractivity contribution in [2.24, 2.45) is 0 Å². The Morgan fingerprint density at radius 3 is 1.53 bits per heavy atom. The van der Waals surface area contributed by atoms with Crippen LogP contribution in [0.1, 0.15) is 5.56 Å². The molecule has 2 aromatic rings. The quantitative estimate of drug-likeness (QED) is 0.671. The molecule has 0 bridgehead atoms. The van der Waals surface area contributed by atoms with E-state index in [0.29, 0.717) is 0 Å². The van der Waals surface area contributed by atoms with Gasteiger partial charge in [-0.25, -0.2) is 0 Å². The van der Waals surface area contributed by atoms with E-state index in [2.05, 4.69) is 21.5 Å². The van der Waals surface area contributed by atoms with E-state index in [1.807, 2.05) is 36.4 Å². The fourth-order valence-electron chi connectivity index (χ4n) is 1.02. The first kappa shape index (κ1) is 12.4. The predicted molar refractivity (Wildman–Crippen MR) is 69.6 cm³/mol. The molecular formula is C11H14N6. The third kappa shape index (κ3) is 4.61. The minimum atomic E-state index is 0.0417. The van der Waals surface area contributed by atoms with Crippen LogP contribution in [0.3, 0.4) is 0 Å². The Labute approximate surface area is 99.2 Å². The van der Waals surface area contributed by atoms with Crippen LogP contribution in [0.2, 0.25) is 0 Å². The lowest BCUT2D eigenvalue weighted by molar-refractivity contribution is 1.09. The lowest BCUT2D eigenvalue weighted by Gasteiger charge is -1.93. The van der Waals surface area contributed by atoms with Gasteiger partial charge in [-0.2, -0.15) is 15.0 Å². The number of benzene rings is 1. The molecule has 2 rings (SSSR count). The molecule has 6 nitrogen and oxygen atoms in total. The SMILES string of the molecule is C=Cc1ccccc1.Nc1nc(N)nc(N)n1. The summed E-state index contributed by atoms with van der Waals surface area (Å²) in [4.78, 5) is 10.5. The van der Waals surface area contributed by atoms with Crippen molar-refractivity contribution in [2.45, 2.75) is 0 Å². The van der Waals surface area contributed by atoms with E-state index >= 15 is 0 Å². The Hall–Kier alpha value is -2.63. The molecule has 0 atom stereocenters. The van der Waals surface area contributed by atoms with Gasteiger partial charge in [0.15, 0.2) is 0 Å². The largest absolute Gasteiger partial charge is 0.368 e. The van der Waals surface area contributed by atoms with Crippen LogP contribution in [0, 0.1) is 0 Å². The van der Waals surface area contributed by atoms with Gasteiger partial charge in [0.25, 0.3) is 0 Å². The van der Waals surface area contributed by atoms with Crippen LogP contribution in [-0.2, 0) is 0 Å². The van der Waals surface area contributed by atoms with Crippen molar-refractivity contribution in [3.63, 3.8) is 0 Å². The molecule has 0 saturated heterocycles.